The summed E-state index contributed by atoms with van der Waals surface area (Å²) in [5, 5.41) is 3.56. The summed E-state index contributed by atoms with van der Waals surface area (Å²) in [6.07, 6.45) is 2.90. The normalized spacial score (nSPS) is 27.2. The van der Waals surface area contributed by atoms with Crippen molar-refractivity contribution in [1.82, 2.24) is 5.32 Å². The van der Waals surface area contributed by atoms with E-state index >= 15 is 0 Å². The highest BCUT2D eigenvalue weighted by Gasteiger charge is 2.23. The van der Waals surface area contributed by atoms with Crippen LogP contribution in [0.2, 0.25) is 0 Å². The zero-order chi connectivity index (χ0) is 13.7. The van der Waals surface area contributed by atoms with Crippen molar-refractivity contribution in [2.45, 2.75) is 51.9 Å². The molecule has 0 saturated carbocycles. The molecular formula is C16H25NO2. The summed E-state index contributed by atoms with van der Waals surface area (Å²) in [4.78, 5) is 0. The van der Waals surface area contributed by atoms with Gasteiger partial charge in [0.05, 0.1) is 12.2 Å². The molecule has 106 valence electrons. The smallest absolute Gasteiger partial charge is 0.119 e. The largest absolute Gasteiger partial charge is 0.492 e. The van der Waals surface area contributed by atoms with E-state index in [1.165, 1.54) is 5.56 Å². The van der Waals surface area contributed by atoms with Crippen LogP contribution in [0.5, 0.6) is 5.75 Å². The number of benzene rings is 1. The van der Waals surface area contributed by atoms with Crippen molar-refractivity contribution in [3.8, 4) is 5.75 Å². The zero-order valence-corrected chi connectivity index (χ0v) is 12.2. The molecule has 1 aromatic carbocycles. The summed E-state index contributed by atoms with van der Waals surface area (Å²) in [5.74, 6) is 0.954. The number of hydrogen-bond acceptors (Lipinski definition) is 3. The Hall–Kier alpha value is -1.06. The predicted octanol–water partition coefficient (Wildman–Crippen LogP) is 2.92. The Bertz CT molecular complexity index is 384. The molecule has 1 aromatic rings. The van der Waals surface area contributed by atoms with Crippen LogP contribution in [0, 0.1) is 6.92 Å². The molecule has 2 rings (SSSR count). The maximum atomic E-state index is 5.74. The topological polar surface area (TPSA) is 30.5 Å². The van der Waals surface area contributed by atoms with E-state index in [9.17, 15) is 0 Å². The van der Waals surface area contributed by atoms with Crippen molar-refractivity contribution in [1.29, 1.82) is 0 Å². The van der Waals surface area contributed by atoms with Crippen molar-refractivity contribution in [3.63, 3.8) is 0 Å². The Balaban J connectivity index is 1.66. The standard InChI is InChI=1S/C16H25NO2/c1-12-5-4-6-16(9-12)18-8-7-17-15-10-13(2)19-14(3)11-15/h4-6,9,13-15,17H,7-8,10-11H2,1-3H3. The average Bonchev–Trinajstić information content (AvgIpc) is 2.34. The van der Waals surface area contributed by atoms with Crippen LogP contribution >= 0.6 is 0 Å². The first-order valence-electron chi connectivity index (χ1n) is 7.22. The van der Waals surface area contributed by atoms with E-state index in [1.807, 2.05) is 12.1 Å². The third-order valence-corrected chi connectivity index (χ3v) is 3.49. The second-order valence-electron chi connectivity index (χ2n) is 5.54. The van der Waals surface area contributed by atoms with Crippen LogP contribution in [-0.2, 0) is 4.74 Å². The minimum Gasteiger partial charge on any atom is -0.492 e. The molecule has 1 heterocycles. The van der Waals surface area contributed by atoms with Gasteiger partial charge >= 0.3 is 0 Å². The van der Waals surface area contributed by atoms with Gasteiger partial charge in [-0.1, -0.05) is 12.1 Å². The first-order chi connectivity index (χ1) is 9.13. The highest BCUT2D eigenvalue weighted by molar-refractivity contribution is 5.27. The summed E-state index contributed by atoms with van der Waals surface area (Å²) < 4.78 is 11.5. The molecule has 0 aromatic heterocycles. The molecular weight excluding hydrogens is 238 g/mol. The Morgan fingerprint density at radius 1 is 1.26 bits per heavy atom. The second-order valence-corrected chi connectivity index (χ2v) is 5.54. The molecule has 1 aliphatic rings. The van der Waals surface area contributed by atoms with Crippen LogP contribution in [0.3, 0.4) is 0 Å². The molecule has 0 spiro atoms. The second kappa shape index (κ2) is 6.92. The first kappa shape index (κ1) is 14.4. The molecule has 0 bridgehead atoms. The lowest BCUT2D eigenvalue weighted by molar-refractivity contribution is -0.0422. The Morgan fingerprint density at radius 2 is 2.00 bits per heavy atom. The van der Waals surface area contributed by atoms with Crippen molar-refractivity contribution in [2.24, 2.45) is 0 Å². The van der Waals surface area contributed by atoms with Gasteiger partial charge in [-0.15, -0.1) is 0 Å². The van der Waals surface area contributed by atoms with Crippen LogP contribution in [0.25, 0.3) is 0 Å². The van der Waals surface area contributed by atoms with E-state index in [4.69, 9.17) is 9.47 Å². The van der Waals surface area contributed by atoms with Gasteiger partial charge in [-0.05, 0) is 51.3 Å². The number of ether oxygens (including phenoxy) is 2. The van der Waals surface area contributed by atoms with Crippen molar-refractivity contribution in [2.75, 3.05) is 13.2 Å². The molecule has 3 heteroatoms. The van der Waals surface area contributed by atoms with E-state index < -0.39 is 0 Å². The zero-order valence-electron chi connectivity index (χ0n) is 12.2. The Kier molecular flexibility index (Phi) is 5.23. The highest BCUT2D eigenvalue weighted by Crippen LogP contribution is 2.18. The van der Waals surface area contributed by atoms with E-state index in [-0.39, 0.29) is 0 Å². The lowest BCUT2D eigenvalue weighted by Gasteiger charge is -2.32. The Morgan fingerprint density at radius 3 is 2.68 bits per heavy atom. The number of hydrogen-bond donors (Lipinski definition) is 1. The number of aryl methyl sites for hydroxylation is 1. The van der Waals surface area contributed by atoms with E-state index in [0.29, 0.717) is 24.9 Å². The van der Waals surface area contributed by atoms with Gasteiger partial charge in [0.2, 0.25) is 0 Å². The van der Waals surface area contributed by atoms with Gasteiger partial charge in [0.15, 0.2) is 0 Å². The maximum Gasteiger partial charge on any atom is 0.119 e. The molecule has 1 saturated heterocycles. The molecule has 0 aliphatic carbocycles. The molecule has 1 N–H and O–H groups in total. The van der Waals surface area contributed by atoms with Crippen LogP contribution in [0.1, 0.15) is 32.3 Å². The lowest BCUT2D eigenvalue weighted by atomic mass is 10.00. The molecule has 2 atom stereocenters. The summed E-state index contributed by atoms with van der Waals surface area (Å²) >= 11 is 0. The fourth-order valence-electron chi connectivity index (χ4n) is 2.71. The summed E-state index contributed by atoms with van der Waals surface area (Å²) in [6.45, 7) is 7.97. The molecule has 0 amide bonds. The third-order valence-electron chi connectivity index (χ3n) is 3.49. The summed E-state index contributed by atoms with van der Waals surface area (Å²) in [5.41, 5.74) is 1.23. The van der Waals surface area contributed by atoms with Gasteiger partial charge in [0, 0.05) is 12.6 Å². The van der Waals surface area contributed by atoms with Crippen molar-refractivity contribution < 1.29 is 9.47 Å². The maximum absolute atomic E-state index is 5.74. The van der Waals surface area contributed by atoms with Crippen molar-refractivity contribution in [3.05, 3.63) is 29.8 Å². The predicted molar refractivity (Wildman–Crippen MR) is 77.7 cm³/mol. The monoisotopic (exact) mass is 263 g/mol. The third kappa shape index (κ3) is 4.84. The fraction of sp³-hybridized carbons (Fsp3) is 0.625. The highest BCUT2D eigenvalue weighted by atomic mass is 16.5. The quantitative estimate of drug-likeness (QED) is 0.829. The SMILES string of the molecule is Cc1cccc(OCCNC2CC(C)OC(C)C2)c1. The van der Waals surface area contributed by atoms with Gasteiger partial charge in [0.1, 0.15) is 12.4 Å². The van der Waals surface area contributed by atoms with Gasteiger partial charge < -0.3 is 14.8 Å². The first-order valence-corrected chi connectivity index (χ1v) is 7.22. The molecule has 2 unspecified atom stereocenters. The van der Waals surface area contributed by atoms with Gasteiger partial charge in [-0.2, -0.15) is 0 Å². The molecule has 1 fully saturated rings. The summed E-state index contributed by atoms with van der Waals surface area (Å²) in [7, 11) is 0. The Labute approximate surface area is 116 Å². The van der Waals surface area contributed by atoms with Crippen LogP contribution in [0.4, 0.5) is 0 Å². The minimum absolute atomic E-state index is 0.360. The fourth-order valence-corrected chi connectivity index (χ4v) is 2.71. The summed E-state index contributed by atoms with van der Waals surface area (Å²) in [6, 6.07) is 8.74. The van der Waals surface area contributed by atoms with Crippen LogP contribution in [-0.4, -0.2) is 31.4 Å². The van der Waals surface area contributed by atoms with Crippen LogP contribution < -0.4 is 10.1 Å². The molecule has 0 radical (unpaired) electrons. The van der Waals surface area contributed by atoms with E-state index in [2.05, 4.69) is 38.2 Å². The lowest BCUT2D eigenvalue weighted by Crippen LogP contribution is -2.42. The number of nitrogens with one attached hydrogen (secondary N) is 1. The molecule has 3 nitrogen and oxygen atoms in total. The molecule has 1 aliphatic heterocycles. The average molecular weight is 263 g/mol. The van der Waals surface area contributed by atoms with Gasteiger partial charge in [-0.3, -0.25) is 0 Å². The minimum atomic E-state index is 0.360. The van der Waals surface area contributed by atoms with Gasteiger partial charge in [0.25, 0.3) is 0 Å². The molecule has 19 heavy (non-hydrogen) atoms. The van der Waals surface area contributed by atoms with Crippen molar-refractivity contribution >= 4 is 0 Å². The van der Waals surface area contributed by atoms with E-state index in [1.54, 1.807) is 0 Å². The van der Waals surface area contributed by atoms with E-state index in [0.717, 1.165) is 25.1 Å². The number of rotatable bonds is 5. The van der Waals surface area contributed by atoms with Crippen LogP contribution in [0.15, 0.2) is 24.3 Å². The van der Waals surface area contributed by atoms with Gasteiger partial charge in [-0.25, -0.2) is 0 Å².